The number of benzene rings is 2. The van der Waals surface area contributed by atoms with E-state index in [1.165, 1.54) is 0 Å². The normalized spacial score (nSPS) is 10.3. The molecule has 0 fully saturated rings. The van der Waals surface area contributed by atoms with Gasteiger partial charge in [0.05, 0.1) is 0 Å². The molecule has 0 radical (unpaired) electrons. The predicted octanol–water partition coefficient (Wildman–Crippen LogP) is 4.73. The highest BCUT2D eigenvalue weighted by atomic mass is 16.5. The molecule has 0 aliphatic rings. The molecule has 140 valence electrons. The highest BCUT2D eigenvalue weighted by Gasteiger charge is 2.13. The third kappa shape index (κ3) is 4.25. The van der Waals surface area contributed by atoms with Crippen LogP contribution in [0.4, 0.5) is 0 Å². The largest absolute Gasteiger partial charge is 0.439 e. The fraction of sp³-hybridized carbons (Fsp3) is 0. The Labute approximate surface area is 167 Å². The number of hydrogen-bond donors (Lipinski definition) is 0. The second kappa shape index (κ2) is 8.27. The zero-order valence-corrected chi connectivity index (χ0v) is 15.4. The van der Waals surface area contributed by atoms with Crippen molar-refractivity contribution in [2.45, 2.75) is 0 Å². The van der Waals surface area contributed by atoms with Gasteiger partial charge < -0.3 is 4.74 Å². The van der Waals surface area contributed by atoms with Crippen LogP contribution in [0, 0.1) is 0 Å². The number of hydrogen-bond acceptors (Lipinski definition) is 5. The number of rotatable bonds is 6. The van der Waals surface area contributed by atoms with Crippen LogP contribution in [0.2, 0.25) is 0 Å². The van der Waals surface area contributed by atoms with Gasteiger partial charge in [-0.05, 0) is 30.3 Å². The van der Waals surface area contributed by atoms with E-state index in [1.807, 2.05) is 6.07 Å². The van der Waals surface area contributed by atoms with Crippen molar-refractivity contribution in [1.82, 2.24) is 9.97 Å². The average Bonchev–Trinajstić information content (AvgIpc) is 2.79. The topological polar surface area (TPSA) is 69.2 Å². The first-order valence-corrected chi connectivity index (χ1v) is 9.01. The fourth-order valence-corrected chi connectivity index (χ4v) is 2.80. The molecule has 0 saturated carbocycles. The summed E-state index contributed by atoms with van der Waals surface area (Å²) in [6, 6.07) is 25.9. The smallest absolute Gasteiger partial charge is 0.219 e. The highest BCUT2D eigenvalue weighted by molar-refractivity contribution is 6.08. The van der Waals surface area contributed by atoms with Crippen LogP contribution in [0.25, 0.3) is 0 Å². The maximum absolute atomic E-state index is 12.6. The molecule has 0 aliphatic carbocycles. The Hall–Kier alpha value is -4.12. The van der Waals surface area contributed by atoms with Crippen molar-refractivity contribution < 1.29 is 14.3 Å². The van der Waals surface area contributed by atoms with E-state index in [2.05, 4.69) is 9.97 Å². The molecule has 0 amide bonds. The summed E-state index contributed by atoms with van der Waals surface area (Å²) < 4.78 is 5.80. The Balaban J connectivity index is 1.56. The Morgan fingerprint density at radius 3 is 2.14 bits per heavy atom. The van der Waals surface area contributed by atoms with Crippen molar-refractivity contribution in [3.63, 3.8) is 0 Å². The van der Waals surface area contributed by atoms with Crippen LogP contribution < -0.4 is 4.74 Å². The van der Waals surface area contributed by atoms with E-state index in [0.717, 1.165) is 0 Å². The molecule has 0 unspecified atom stereocenters. The van der Waals surface area contributed by atoms with Gasteiger partial charge in [0.1, 0.15) is 17.1 Å². The lowest BCUT2D eigenvalue weighted by Crippen LogP contribution is -2.05. The molecule has 0 spiro atoms. The third-order valence-corrected chi connectivity index (χ3v) is 4.21. The summed E-state index contributed by atoms with van der Waals surface area (Å²) in [5.74, 6) is 0.338. The van der Waals surface area contributed by atoms with Gasteiger partial charge in [0, 0.05) is 23.4 Å². The average molecular weight is 380 g/mol. The molecular weight excluding hydrogens is 364 g/mol. The second-order valence-electron chi connectivity index (χ2n) is 6.23. The lowest BCUT2D eigenvalue weighted by Gasteiger charge is -2.08. The lowest BCUT2D eigenvalue weighted by molar-refractivity contribution is 0.102. The Morgan fingerprint density at radius 2 is 1.34 bits per heavy atom. The first-order chi connectivity index (χ1) is 14.2. The van der Waals surface area contributed by atoms with Crippen molar-refractivity contribution in [2.24, 2.45) is 0 Å². The van der Waals surface area contributed by atoms with Crippen molar-refractivity contribution >= 4 is 11.6 Å². The first kappa shape index (κ1) is 18.3. The zero-order chi connectivity index (χ0) is 20.1. The molecular formula is C24H16N2O3. The first-order valence-electron chi connectivity index (χ1n) is 9.01. The number of ketones is 2. The quantitative estimate of drug-likeness (QED) is 0.452. The monoisotopic (exact) mass is 380 g/mol. The van der Waals surface area contributed by atoms with Crippen molar-refractivity contribution in [1.29, 1.82) is 0 Å². The maximum Gasteiger partial charge on any atom is 0.219 e. The summed E-state index contributed by atoms with van der Waals surface area (Å²) in [5.41, 5.74) is 1.66. The molecule has 0 aliphatic heterocycles. The third-order valence-electron chi connectivity index (χ3n) is 4.21. The molecule has 5 heteroatoms. The van der Waals surface area contributed by atoms with Gasteiger partial charge in [-0.2, -0.15) is 0 Å². The molecule has 4 rings (SSSR count). The highest BCUT2D eigenvalue weighted by Crippen LogP contribution is 2.22. The maximum atomic E-state index is 12.6. The lowest BCUT2D eigenvalue weighted by atomic mass is 10.1. The zero-order valence-electron chi connectivity index (χ0n) is 15.4. The molecule has 0 atom stereocenters. The van der Waals surface area contributed by atoms with E-state index in [9.17, 15) is 9.59 Å². The molecule has 2 heterocycles. The number of nitrogens with zero attached hydrogens (tertiary/aromatic N) is 2. The Morgan fingerprint density at radius 1 is 0.655 bits per heavy atom. The van der Waals surface area contributed by atoms with Gasteiger partial charge in [0.2, 0.25) is 17.4 Å². The summed E-state index contributed by atoms with van der Waals surface area (Å²) in [4.78, 5) is 33.6. The molecule has 0 N–H and O–H groups in total. The van der Waals surface area contributed by atoms with E-state index in [1.54, 1.807) is 91.1 Å². The summed E-state index contributed by atoms with van der Waals surface area (Å²) in [7, 11) is 0. The van der Waals surface area contributed by atoms with Crippen LogP contribution in [0.1, 0.15) is 32.1 Å². The number of pyridine rings is 2. The molecule has 4 aromatic rings. The summed E-state index contributed by atoms with van der Waals surface area (Å²) in [6.45, 7) is 0. The van der Waals surface area contributed by atoms with E-state index in [-0.39, 0.29) is 23.1 Å². The summed E-state index contributed by atoms with van der Waals surface area (Å²) in [6.07, 6.45) is 1.58. The summed E-state index contributed by atoms with van der Waals surface area (Å²) in [5, 5.41) is 0. The second-order valence-corrected chi connectivity index (χ2v) is 6.23. The fourth-order valence-electron chi connectivity index (χ4n) is 2.80. The molecule has 29 heavy (non-hydrogen) atoms. The van der Waals surface area contributed by atoms with Crippen LogP contribution in [0.3, 0.4) is 0 Å². The summed E-state index contributed by atoms with van der Waals surface area (Å²) >= 11 is 0. The van der Waals surface area contributed by atoms with Crippen LogP contribution in [0.5, 0.6) is 11.6 Å². The predicted molar refractivity (Wildman–Crippen MR) is 108 cm³/mol. The van der Waals surface area contributed by atoms with Gasteiger partial charge in [0.15, 0.2) is 0 Å². The SMILES string of the molecule is O=C(c1cccc(Oc2cccc(C(=O)c3ccccc3)n2)c1)c1ccccn1. The Bertz CT molecular complexity index is 1070. The molecule has 5 nitrogen and oxygen atoms in total. The number of carbonyl (C=O) groups excluding carboxylic acids is 2. The van der Waals surface area contributed by atoms with Gasteiger partial charge in [-0.3, -0.25) is 14.6 Å². The van der Waals surface area contributed by atoms with Crippen molar-refractivity contribution in [3.05, 3.63) is 120 Å². The van der Waals surface area contributed by atoms with Gasteiger partial charge in [-0.15, -0.1) is 0 Å². The van der Waals surface area contributed by atoms with E-state index in [4.69, 9.17) is 4.74 Å². The molecule has 2 aromatic heterocycles. The Kier molecular flexibility index (Phi) is 5.21. The number of carbonyl (C=O) groups is 2. The van der Waals surface area contributed by atoms with Gasteiger partial charge in [0.25, 0.3) is 0 Å². The van der Waals surface area contributed by atoms with E-state index >= 15 is 0 Å². The molecule has 0 saturated heterocycles. The van der Waals surface area contributed by atoms with Crippen molar-refractivity contribution in [3.8, 4) is 11.6 Å². The minimum Gasteiger partial charge on any atom is -0.439 e. The van der Waals surface area contributed by atoms with Crippen LogP contribution >= 0.6 is 0 Å². The minimum atomic E-state index is -0.197. The van der Waals surface area contributed by atoms with Crippen LogP contribution in [0.15, 0.2) is 97.2 Å². The van der Waals surface area contributed by atoms with Gasteiger partial charge >= 0.3 is 0 Å². The number of aromatic nitrogens is 2. The molecule has 0 bridgehead atoms. The van der Waals surface area contributed by atoms with Crippen LogP contribution in [-0.2, 0) is 0 Å². The van der Waals surface area contributed by atoms with Crippen LogP contribution in [-0.4, -0.2) is 21.5 Å². The number of ether oxygens (including phenoxy) is 1. The van der Waals surface area contributed by atoms with Crippen molar-refractivity contribution in [2.75, 3.05) is 0 Å². The van der Waals surface area contributed by atoms with Gasteiger partial charge in [-0.1, -0.05) is 54.6 Å². The van der Waals surface area contributed by atoms with Gasteiger partial charge in [-0.25, -0.2) is 4.98 Å². The van der Waals surface area contributed by atoms with E-state index in [0.29, 0.717) is 22.6 Å². The standard InChI is InChI=1S/C24H16N2O3/c27-23(17-8-2-1-3-9-17)21-13-7-14-22(26-21)29-19-11-6-10-18(16-19)24(28)20-12-4-5-15-25-20/h1-16H. The van der Waals surface area contributed by atoms with E-state index < -0.39 is 0 Å². The molecule has 2 aromatic carbocycles. The minimum absolute atomic E-state index is 0.185.